The minimum atomic E-state index is 0.0382. The molecule has 2 rings (SSSR count). The lowest BCUT2D eigenvalue weighted by atomic mass is 9.95. The van der Waals surface area contributed by atoms with E-state index in [2.05, 4.69) is 26.2 Å². The van der Waals surface area contributed by atoms with Crippen LogP contribution in [0.15, 0.2) is 9.47 Å². The number of halogens is 1. The molecular formula is C15H19BrN2O2. The van der Waals surface area contributed by atoms with Gasteiger partial charge in [-0.2, -0.15) is 0 Å². The van der Waals surface area contributed by atoms with Crippen LogP contribution in [-0.2, 0) is 0 Å². The lowest BCUT2D eigenvalue weighted by molar-refractivity contribution is 0.0996. The highest BCUT2D eigenvalue weighted by Crippen LogP contribution is 2.36. The first-order valence-corrected chi connectivity index (χ1v) is 7.40. The van der Waals surface area contributed by atoms with Gasteiger partial charge in [0.05, 0.1) is 25.6 Å². The average Bonchev–Trinajstić information content (AvgIpc) is 2.92. The van der Waals surface area contributed by atoms with E-state index in [-0.39, 0.29) is 5.78 Å². The van der Waals surface area contributed by atoms with Crippen LogP contribution in [-0.4, -0.2) is 31.8 Å². The standard InChI is InChI=1S/C15H19BrN2O2/c1-8-9(2)15(20-4)13(10(3)14(8)16)11(19)7-12-17-5-6-18-12/h5-7H2,1-4H3,(H,17,18). The molecule has 1 N–H and O–H groups in total. The smallest absolute Gasteiger partial charge is 0.174 e. The van der Waals surface area contributed by atoms with Gasteiger partial charge in [0.2, 0.25) is 0 Å². The van der Waals surface area contributed by atoms with Crippen molar-refractivity contribution in [1.82, 2.24) is 5.32 Å². The van der Waals surface area contributed by atoms with Crippen LogP contribution in [0.3, 0.4) is 0 Å². The van der Waals surface area contributed by atoms with E-state index >= 15 is 0 Å². The summed E-state index contributed by atoms with van der Waals surface area (Å²) in [6.07, 6.45) is 0.298. The Morgan fingerprint density at radius 3 is 2.55 bits per heavy atom. The quantitative estimate of drug-likeness (QED) is 0.858. The number of Topliss-reactive ketones (excluding diaryl/α,β-unsaturated/α-hetero) is 1. The van der Waals surface area contributed by atoms with Crippen LogP contribution in [0.25, 0.3) is 0 Å². The third-order valence-corrected chi connectivity index (χ3v) is 4.91. The van der Waals surface area contributed by atoms with Crippen LogP contribution in [0.4, 0.5) is 0 Å². The van der Waals surface area contributed by atoms with Gasteiger partial charge in [0, 0.05) is 11.0 Å². The molecule has 0 atom stereocenters. The Bertz CT molecular complexity index is 594. The van der Waals surface area contributed by atoms with Gasteiger partial charge in [0.15, 0.2) is 5.78 Å². The lowest BCUT2D eigenvalue weighted by Gasteiger charge is -2.18. The minimum absolute atomic E-state index is 0.0382. The van der Waals surface area contributed by atoms with Crippen LogP contribution in [0.5, 0.6) is 5.75 Å². The number of benzene rings is 1. The second-order valence-electron chi connectivity index (χ2n) is 4.95. The summed E-state index contributed by atoms with van der Waals surface area (Å²) in [5.74, 6) is 1.48. The maximum Gasteiger partial charge on any atom is 0.174 e. The summed E-state index contributed by atoms with van der Waals surface area (Å²) in [5, 5.41) is 3.13. The molecule has 0 aliphatic carbocycles. The average molecular weight is 339 g/mol. The van der Waals surface area contributed by atoms with E-state index in [4.69, 9.17) is 4.74 Å². The summed E-state index contributed by atoms with van der Waals surface area (Å²) >= 11 is 3.57. The predicted molar refractivity (Wildman–Crippen MR) is 84.2 cm³/mol. The van der Waals surface area contributed by atoms with Gasteiger partial charge in [-0.15, -0.1) is 0 Å². The topological polar surface area (TPSA) is 50.7 Å². The molecule has 1 heterocycles. The SMILES string of the molecule is COc1c(C)c(C)c(Br)c(C)c1C(=O)CC1=NCCN1. The highest BCUT2D eigenvalue weighted by molar-refractivity contribution is 9.10. The predicted octanol–water partition coefficient (Wildman–Crippen LogP) is 2.96. The third kappa shape index (κ3) is 2.59. The van der Waals surface area contributed by atoms with E-state index in [1.807, 2.05) is 20.8 Å². The summed E-state index contributed by atoms with van der Waals surface area (Å²) in [4.78, 5) is 16.9. The third-order valence-electron chi connectivity index (χ3n) is 3.72. The number of nitrogens with one attached hydrogen (secondary N) is 1. The van der Waals surface area contributed by atoms with Crippen LogP contribution in [0.2, 0.25) is 0 Å². The Balaban J connectivity index is 2.46. The summed E-state index contributed by atoms with van der Waals surface area (Å²) in [6, 6.07) is 0. The Kier molecular flexibility index (Phi) is 4.48. The minimum Gasteiger partial charge on any atom is -0.496 e. The molecule has 0 bridgehead atoms. The Labute approximate surface area is 127 Å². The zero-order chi connectivity index (χ0) is 14.9. The number of aliphatic imine (C=N–C) groups is 1. The van der Waals surface area contributed by atoms with Crippen molar-refractivity contribution in [3.63, 3.8) is 0 Å². The van der Waals surface area contributed by atoms with Crippen molar-refractivity contribution in [2.75, 3.05) is 20.2 Å². The van der Waals surface area contributed by atoms with Crippen LogP contribution in [0.1, 0.15) is 33.5 Å². The number of ketones is 1. The van der Waals surface area contributed by atoms with E-state index in [0.29, 0.717) is 17.7 Å². The molecule has 108 valence electrons. The van der Waals surface area contributed by atoms with E-state index in [0.717, 1.165) is 40.1 Å². The summed E-state index contributed by atoms with van der Waals surface area (Å²) in [7, 11) is 1.61. The normalized spacial score (nSPS) is 13.9. The molecule has 0 aromatic heterocycles. The van der Waals surface area contributed by atoms with Crippen LogP contribution < -0.4 is 10.1 Å². The highest BCUT2D eigenvalue weighted by Gasteiger charge is 2.23. The lowest BCUT2D eigenvalue weighted by Crippen LogP contribution is -2.22. The molecule has 0 saturated carbocycles. The molecule has 0 spiro atoms. The van der Waals surface area contributed by atoms with Gasteiger partial charge in [0.25, 0.3) is 0 Å². The summed E-state index contributed by atoms with van der Waals surface area (Å²) < 4.78 is 6.45. The first-order chi connectivity index (χ1) is 9.47. The molecule has 0 radical (unpaired) electrons. The second kappa shape index (κ2) is 5.95. The monoisotopic (exact) mass is 338 g/mol. The summed E-state index contributed by atoms with van der Waals surface area (Å²) in [5.41, 5.74) is 3.68. The van der Waals surface area contributed by atoms with Crippen LogP contribution >= 0.6 is 15.9 Å². The molecular weight excluding hydrogens is 320 g/mol. The molecule has 1 aromatic carbocycles. The number of hydrogen-bond donors (Lipinski definition) is 1. The van der Waals surface area contributed by atoms with Gasteiger partial charge in [-0.1, -0.05) is 15.9 Å². The van der Waals surface area contributed by atoms with E-state index in [9.17, 15) is 4.79 Å². The fourth-order valence-corrected chi connectivity index (χ4v) is 2.98. The van der Waals surface area contributed by atoms with Gasteiger partial charge in [-0.25, -0.2) is 0 Å². The number of hydrogen-bond acceptors (Lipinski definition) is 4. The Morgan fingerprint density at radius 1 is 1.30 bits per heavy atom. The number of rotatable bonds is 4. The molecule has 5 heteroatoms. The van der Waals surface area contributed by atoms with E-state index < -0.39 is 0 Å². The number of carbonyl (C=O) groups excluding carboxylic acids is 1. The number of amidine groups is 1. The molecule has 0 unspecified atom stereocenters. The largest absolute Gasteiger partial charge is 0.496 e. The van der Waals surface area contributed by atoms with E-state index in [1.54, 1.807) is 7.11 Å². The molecule has 0 amide bonds. The van der Waals surface area contributed by atoms with Crippen molar-refractivity contribution in [2.24, 2.45) is 4.99 Å². The fraction of sp³-hybridized carbons (Fsp3) is 0.467. The molecule has 1 aliphatic heterocycles. The van der Waals surface area contributed by atoms with Crippen molar-refractivity contribution < 1.29 is 9.53 Å². The number of ether oxygens (including phenoxy) is 1. The number of carbonyl (C=O) groups is 1. The Morgan fingerprint density at radius 2 is 2.00 bits per heavy atom. The molecule has 1 aliphatic rings. The first-order valence-electron chi connectivity index (χ1n) is 6.61. The van der Waals surface area contributed by atoms with Gasteiger partial charge in [0.1, 0.15) is 11.6 Å². The molecule has 1 aromatic rings. The van der Waals surface area contributed by atoms with Gasteiger partial charge < -0.3 is 10.1 Å². The maximum atomic E-state index is 12.6. The molecule has 20 heavy (non-hydrogen) atoms. The van der Waals surface area contributed by atoms with Gasteiger partial charge >= 0.3 is 0 Å². The molecule has 0 fully saturated rings. The molecule has 4 nitrogen and oxygen atoms in total. The van der Waals surface area contributed by atoms with Crippen molar-refractivity contribution >= 4 is 27.5 Å². The summed E-state index contributed by atoms with van der Waals surface area (Å²) in [6.45, 7) is 7.49. The number of nitrogens with zero attached hydrogens (tertiary/aromatic N) is 1. The van der Waals surface area contributed by atoms with Crippen molar-refractivity contribution in [2.45, 2.75) is 27.2 Å². The van der Waals surface area contributed by atoms with Gasteiger partial charge in [-0.3, -0.25) is 9.79 Å². The van der Waals surface area contributed by atoms with E-state index in [1.165, 1.54) is 0 Å². The zero-order valence-electron chi connectivity index (χ0n) is 12.3. The fourth-order valence-electron chi connectivity index (χ4n) is 2.48. The highest BCUT2D eigenvalue weighted by atomic mass is 79.9. The Hall–Kier alpha value is -1.36. The van der Waals surface area contributed by atoms with Crippen molar-refractivity contribution in [3.8, 4) is 5.75 Å². The zero-order valence-corrected chi connectivity index (χ0v) is 13.8. The maximum absolute atomic E-state index is 12.6. The first kappa shape index (κ1) is 15.0. The second-order valence-corrected chi connectivity index (χ2v) is 5.75. The van der Waals surface area contributed by atoms with Crippen molar-refractivity contribution in [3.05, 3.63) is 26.7 Å². The van der Waals surface area contributed by atoms with Crippen molar-refractivity contribution in [1.29, 1.82) is 0 Å². The van der Waals surface area contributed by atoms with Crippen LogP contribution in [0, 0.1) is 20.8 Å². The van der Waals surface area contributed by atoms with Gasteiger partial charge in [-0.05, 0) is 37.5 Å². The molecule has 0 saturated heterocycles. The number of methoxy groups -OCH3 is 1.